The van der Waals surface area contributed by atoms with Crippen LogP contribution in [0.3, 0.4) is 0 Å². The number of carbonyl (C=O) groups excluding carboxylic acids is 1. The number of sulfonamides is 1. The molecular formula is C17H24N2O3S. The van der Waals surface area contributed by atoms with Crippen molar-refractivity contribution in [2.45, 2.75) is 39.5 Å². The van der Waals surface area contributed by atoms with Crippen molar-refractivity contribution in [3.63, 3.8) is 0 Å². The molecule has 126 valence electrons. The van der Waals surface area contributed by atoms with Gasteiger partial charge in [0, 0.05) is 12.1 Å². The highest BCUT2D eigenvalue weighted by Gasteiger charge is 2.16. The van der Waals surface area contributed by atoms with Crippen molar-refractivity contribution in [2.75, 3.05) is 15.8 Å². The third-order valence-electron chi connectivity index (χ3n) is 3.91. The number of allylic oxidation sites excluding steroid dienone is 2. The summed E-state index contributed by atoms with van der Waals surface area (Å²) in [5.74, 6) is 0.344. The van der Waals surface area contributed by atoms with Crippen LogP contribution < -0.4 is 10.0 Å². The van der Waals surface area contributed by atoms with Crippen LogP contribution in [0.5, 0.6) is 0 Å². The van der Waals surface area contributed by atoms with Crippen LogP contribution in [0.4, 0.5) is 11.4 Å². The Labute approximate surface area is 138 Å². The molecule has 23 heavy (non-hydrogen) atoms. The summed E-state index contributed by atoms with van der Waals surface area (Å²) in [7, 11) is -3.34. The summed E-state index contributed by atoms with van der Waals surface area (Å²) < 4.78 is 26.4. The molecule has 1 aliphatic carbocycles. The molecule has 0 aromatic heterocycles. The molecule has 6 heteroatoms. The molecule has 0 bridgehead atoms. The van der Waals surface area contributed by atoms with E-state index in [0.717, 1.165) is 18.4 Å². The molecule has 1 aliphatic rings. The minimum Gasteiger partial charge on any atom is -0.326 e. The number of amides is 1. The van der Waals surface area contributed by atoms with Crippen LogP contribution in [0, 0.1) is 12.8 Å². The van der Waals surface area contributed by atoms with Gasteiger partial charge in [-0.2, -0.15) is 0 Å². The standard InChI is InChI=1S/C17H24N2O3S/c1-3-11-23(21,22)19-16-10-6-9-15(13(16)2)18-17(20)12-14-7-4-5-8-14/h4,6-7,9-10,14,19H,3,5,8,11-12H2,1-2H3,(H,18,20)/t14-/m0/s1. The van der Waals surface area contributed by atoms with Gasteiger partial charge in [0.2, 0.25) is 15.9 Å². The first-order valence-corrected chi connectivity index (χ1v) is 9.63. The van der Waals surface area contributed by atoms with Gasteiger partial charge in [-0.1, -0.05) is 25.1 Å². The van der Waals surface area contributed by atoms with E-state index in [1.807, 2.05) is 6.92 Å². The molecule has 1 aromatic rings. The third kappa shape index (κ3) is 5.10. The van der Waals surface area contributed by atoms with E-state index in [1.165, 1.54) is 0 Å². The molecule has 0 spiro atoms. The minimum absolute atomic E-state index is 0.0433. The summed E-state index contributed by atoms with van der Waals surface area (Å²) in [6.45, 7) is 3.62. The summed E-state index contributed by atoms with van der Waals surface area (Å²) in [4.78, 5) is 12.1. The first kappa shape index (κ1) is 17.5. The van der Waals surface area contributed by atoms with Crippen LogP contribution in [-0.4, -0.2) is 20.1 Å². The predicted molar refractivity (Wildman–Crippen MR) is 94.0 cm³/mol. The van der Waals surface area contributed by atoms with Gasteiger partial charge in [0.1, 0.15) is 0 Å². The summed E-state index contributed by atoms with van der Waals surface area (Å²) in [6, 6.07) is 5.23. The van der Waals surface area contributed by atoms with Crippen LogP contribution in [0.15, 0.2) is 30.4 Å². The molecule has 2 N–H and O–H groups in total. The van der Waals surface area contributed by atoms with Gasteiger partial charge < -0.3 is 5.32 Å². The average molecular weight is 336 g/mol. The smallest absolute Gasteiger partial charge is 0.232 e. The van der Waals surface area contributed by atoms with E-state index in [1.54, 1.807) is 25.1 Å². The molecule has 0 saturated carbocycles. The second-order valence-corrected chi connectivity index (χ2v) is 7.76. The molecule has 0 radical (unpaired) electrons. The summed E-state index contributed by atoms with van der Waals surface area (Å²) in [6.07, 6.45) is 7.25. The van der Waals surface area contributed by atoms with Crippen LogP contribution in [0.2, 0.25) is 0 Å². The second kappa shape index (κ2) is 7.64. The van der Waals surface area contributed by atoms with Crippen LogP contribution in [-0.2, 0) is 14.8 Å². The van der Waals surface area contributed by atoms with E-state index in [4.69, 9.17) is 0 Å². The van der Waals surface area contributed by atoms with Crippen LogP contribution >= 0.6 is 0 Å². The Kier molecular flexibility index (Phi) is 5.82. The van der Waals surface area contributed by atoms with E-state index in [-0.39, 0.29) is 11.7 Å². The van der Waals surface area contributed by atoms with Crippen molar-refractivity contribution in [1.82, 2.24) is 0 Å². The predicted octanol–water partition coefficient (Wildman–Crippen LogP) is 3.44. The highest BCUT2D eigenvalue weighted by molar-refractivity contribution is 7.92. The SMILES string of the molecule is CCCS(=O)(=O)Nc1cccc(NC(=O)C[C@H]2C=CCC2)c1C. The first-order valence-electron chi connectivity index (χ1n) is 7.98. The molecule has 1 amide bonds. The van der Waals surface area contributed by atoms with Crippen molar-refractivity contribution in [3.8, 4) is 0 Å². The van der Waals surface area contributed by atoms with Gasteiger partial charge >= 0.3 is 0 Å². The highest BCUT2D eigenvalue weighted by atomic mass is 32.2. The van der Waals surface area contributed by atoms with Crippen molar-refractivity contribution >= 4 is 27.3 Å². The van der Waals surface area contributed by atoms with Gasteiger partial charge in [-0.25, -0.2) is 8.42 Å². The quantitative estimate of drug-likeness (QED) is 0.749. The molecule has 0 fully saturated rings. The lowest BCUT2D eigenvalue weighted by atomic mass is 10.0. The average Bonchev–Trinajstić information content (AvgIpc) is 2.95. The molecular weight excluding hydrogens is 312 g/mol. The number of rotatable bonds is 7. The molecule has 0 heterocycles. The topological polar surface area (TPSA) is 75.3 Å². The number of anilines is 2. The Hall–Kier alpha value is -1.82. The van der Waals surface area contributed by atoms with Gasteiger partial charge in [-0.15, -0.1) is 0 Å². The van der Waals surface area contributed by atoms with Gasteiger partial charge in [-0.3, -0.25) is 9.52 Å². The number of benzene rings is 1. The minimum atomic E-state index is -3.34. The molecule has 1 atom stereocenters. The van der Waals surface area contributed by atoms with Crippen molar-refractivity contribution in [2.24, 2.45) is 5.92 Å². The van der Waals surface area contributed by atoms with Gasteiger partial charge in [-0.05, 0) is 49.8 Å². The number of nitrogens with one attached hydrogen (secondary N) is 2. The summed E-state index contributed by atoms with van der Waals surface area (Å²) >= 11 is 0. The molecule has 5 nitrogen and oxygen atoms in total. The van der Waals surface area contributed by atoms with E-state index in [0.29, 0.717) is 30.1 Å². The zero-order valence-corrected chi connectivity index (χ0v) is 14.4. The number of hydrogen-bond acceptors (Lipinski definition) is 3. The molecule has 2 rings (SSSR count). The van der Waals surface area contributed by atoms with Crippen molar-refractivity contribution in [3.05, 3.63) is 35.9 Å². The van der Waals surface area contributed by atoms with E-state index >= 15 is 0 Å². The van der Waals surface area contributed by atoms with Crippen LogP contribution in [0.1, 0.15) is 38.2 Å². The Morgan fingerprint density at radius 3 is 2.70 bits per heavy atom. The van der Waals surface area contributed by atoms with Crippen molar-refractivity contribution in [1.29, 1.82) is 0 Å². The molecule has 0 aliphatic heterocycles. The number of carbonyl (C=O) groups is 1. The maximum Gasteiger partial charge on any atom is 0.232 e. The van der Waals surface area contributed by atoms with E-state index < -0.39 is 10.0 Å². The van der Waals surface area contributed by atoms with Gasteiger partial charge in [0.25, 0.3) is 0 Å². The van der Waals surface area contributed by atoms with E-state index in [2.05, 4.69) is 22.2 Å². The zero-order chi connectivity index (χ0) is 16.9. The fraction of sp³-hybridized carbons (Fsp3) is 0.471. The fourth-order valence-electron chi connectivity index (χ4n) is 2.67. The zero-order valence-electron chi connectivity index (χ0n) is 13.6. The lowest BCUT2D eigenvalue weighted by Crippen LogP contribution is -2.18. The second-order valence-electron chi connectivity index (χ2n) is 5.92. The fourth-order valence-corrected chi connectivity index (χ4v) is 3.87. The monoisotopic (exact) mass is 336 g/mol. The Balaban J connectivity index is 2.06. The maximum atomic E-state index is 12.1. The maximum absolute atomic E-state index is 12.1. The molecule has 0 unspecified atom stereocenters. The van der Waals surface area contributed by atoms with E-state index in [9.17, 15) is 13.2 Å². The summed E-state index contributed by atoms with van der Waals surface area (Å²) in [5.41, 5.74) is 1.88. The van der Waals surface area contributed by atoms with Gasteiger partial charge in [0.15, 0.2) is 0 Å². The van der Waals surface area contributed by atoms with Crippen LogP contribution in [0.25, 0.3) is 0 Å². The van der Waals surface area contributed by atoms with Crippen molar-refractivity contribution < 1.29 is 13.2 Å². The number of hydrogen-bond donors (Lipinski definition) is 2. The normalized spacial score (nSPS) is 17.2. The Morgan fingerprint density at radius 1 is 1.30 bits per heavy atom. The Morgan fingerprint density at radius 2 is 2.04 bits per heavy atom. The third-order valence-corrected chi connectivity index (χ3v) is 5.38. The first-order chi connectivity index (χ1) is 10.9. The Bertz CT molecular complexity index is 696. The largest absolute Gasteiger partial charge is 0.326 e. The van der Waals surface area contributed by atoms with Gasteiger partial charge in [0.05, 0.1) is 11.4 Å². The molecule has 0 saturated heterocycles. The molecule has 1 aromatic carbocycles. The lowest BCUT2D eigenvalue weighted by molar-refractivity contribution is -0.116. The highest BCUT2D eigenvalue weighted by Crippen LogP contribution is 2.26. The summed E-state index contributed by atoms with van der Waals surface area (Å²) in [5, 5.41) is 2.89. The lowest BCUT2D eigenvalue weighted by Gasteiger charge is -2.15.